The fourth-order valence-electron chi connectivity index (χ4n) is 6.86. The van der Waals surface area contributed by atoms with Crippen molar-refractivity contribution in [2.75, 3.05) is 39.6 Å². The lowest BCUT2D eigenvalue weighted by atomic mass is 9.67. The lowest BCUT2D eigenvalue weighted by Gasteiger charge is -2.40. The summed E-state index contributed by atoms with van der Waals surface area (Å²) >= 11 is 0. The highest BCUT2D eigenvalue weighted by Crippen LogP contribution is 2.43. The molecule has 0 radical (unpaired) electrons. The highest BCUT2D eigenvalue weighted by atomic mass is 16.5. The number of benzene rings is 2. The topological polar surface area (TPSA) is 108 Å². The van der Waals surface area contributed by atoms with E-state index in [0.717, 1.165) is 96.1 Å². The molecule has 0 aromatic heterocycles. The first-order valence-corrected chi connectivity index (χ1v) is 18.4. The second-order valence-corrected chi connectivity index (χ2v) is 13.9. The van der Waals surface area contributed by atoms with Crippen LogP contribution in [0.25, 0.3) is 0 Å². The summed E-state index contributed by atoms with van der Waals surface area (Å²) in [6.45, 7) is 5.70. The largest absolute Gasteiger partial charge is 0.392 e. The smallest absolute Gasteiger partial charge is 0.161 e. The lowest BCUT2D eigenvalue weighted by Crippen LogP contribution is -2.39. The molecule has 8 heteroatoms. The minimum atomic E-state index is -0.586. The molecule has 0 amide bonds. The molecule has 2 heterocycles. The number of unbranched alkanes of at least 4 members (excludes halogenated alkanes) is 1. The third kappa shape index (κ3) is 13.8. The second-order valence-electron chi connectivity index (χ2n) is 13.9. The van der Waals surface area contributed by atoms with Gasteiger partial charge in [-0.2, -0.15) is 0 Å². The van der Waals surface area contributed by atoms with E-state index in [1.165, 1.54) is 5.56 Å². The van der Waals surface area contributed by atoms with Gasteiger partial charge >= 0.3 is 0 Å². The molecule has 6 rings (SSSR count). The number of carbonyl (C=O) groups is 3. The minimum absolute atomic E-state index is 0.0433. The first-order valence-electron chi connectivity index (χ1n) is 18.4. The second kappa shape index (κ2) is 21.8. The Morgan fingerprint density at radius 1 is 0.740 bits per heavy atom. The van der Waals surface area contributed by atoms with E-state index in [1.807, 2.05) is 60.7 Å². The van der Waals surface area contributed by atoms with E-state index >= 15 is 0 Å². The Morgan fingerprint density at radius 3 is 1.82 bits per heavy atom. The molecule has 2 aromatic carbocycles. The molecule has 2 aliphatic carbocycles. The molecule has 2 saturated heterocycles. The van der Waals surface area contributed by atoms with E-state index in [0.29, 0.717) is 44.7 Å². The zero-order chi connectivity index (χ0) is 35.3. The first kappa shape index (κ1) is 39.5. The average Bonchev–Trinajstić information content (AvgIpc) is 3.16. The maximum atomic E-state index is 12.2. The molecule has 0 bridgehead atoms. The van der Waals surface area contributed by atoms with Crippen molar-refractivity contribution in [3.8, 4) is 0 Å². The summed E-state index contributed by atoms with van der Waals surface area (Å²) in [5, 5.41) is 10.5. The van der Waals surface area contributed by atoms with Gasteiger partial charge in [0, 0.05) is 58.4 Å². The predicted molar refractivity (Wildman–Crippen MR) is 193 cm³/mol. The standard InChI is InChI=1S/C21H28O4.C11H14O2.C10H14O2/c22-19(7-4-12-25-16-17-5-2-1-3-6-17)18-15-21(9-8-20(18)23)10-13-24-14-11-21;12-8-4-5-9-13-10-11-6-2-1-3-7-11;11-9-1-3-10(4-2-9)5-7-12-8-6-10/h1-3,5-6,8-9,18-19,22H,4,7,10-16H2;1-3,6-8H,4-5,9-10H2;1,3H,2,4-8H2. The summed E-state index contributed by atoms with van der Waals surface area (Å²) in [6.07, 6.45) is 17.3. The van der Waals surface area contributed by atoms with E-state index in [-0.39, 0.29) is 22.9 Å². The highest BCUT2D eigenvalue weighted by molar-refractivity contribution is 5.93. The lowest BCUT2D eigenvalue weighted by molar-refractivity contribution is -0.125. The van der Waals surface area contributed by atoms with E-state index < -0.39 is 6.10 Å². The number of carbonyl (C=O) groups excluding carboxylic acids is 3. The van der Waals surface area contributed by atoms with Crippen molar-refractivity contribution >= 4 is 17.9 Å². The highest BCUT2D eigenvalue weighted by Gasteiger charge is 2.40. The van der Waals surface area contributed by atoms with Crippen LogP contribution in [0.5, 0.6) is 0 Å². The number of aliphatic hydroxyl groups excluding tert-OH is 1. The number of allylic oxidation sites excluding steroid dienone is 4. The third-order valence-corrected chi connectivity index (χ3v) is 10.1. The van der Waals surface area contributed by atoms with Crippen LogP contribution in [-0.2, 0) is 46.5 Å². The molecule has 0 saturated carbocycles. The fourth-order valence-corrected chi connectivity index (χ4v) is 6.86. The first-order chi connectivity index (χ1) is 24.4. The van der Waals surface area contributed by atoms with Crippen LogP contribution in [-0.4, -0.2) is 68.7 Å². The molecule has 2 fully saturated rings. The molecule has 2 atom stereocenters. The third-order valence-electron chi connectivity index (χ3n) is 10.1. The Bertz CT molecular complexity index is 1330. The quantitative estimate of drug-likeness (QED) is 0.174. The SMILES string of the molecule is O=C1C=CC2(CCOCC2)CC1.O=C1C=CC2(CCOCC2)CC1C(O)CCCOCc1ccccc1.O=CCCCOCc1ccccc1. The van der Waals surface area contributed by atoms with Crippen LogP contribution in [0.4, 0.5) is 0 Å². The van der Waals surface area contributed by atoms with E-state index in [4.69, 9.17) is 18.9 Å². The van der Waals surface area contributed by atoms with Gasteiger partial charge in [0.15, 0.2) is 11.6 Å². The van der Waals surface area contributed by atoms with Gasteiger partial charge in [0.1, 0.15) is 6.29 Å². The average molecular weight is 689 g/mol. The van der Waals surface area contributed by atoms with Crippen molar-refractivity contribution in [2.24, 2.45) is 16.7 Å². The van der Waals surface area contributed by atoms with Crippen molar-refractivity contribution < 1.29 is 38.4 Å². The van der Waals surface area contributed by atoms with Crippen molar-refractivity contribution in [2.45, 2.75) is 89.9 Å². The Kier molecular flexibility index (Phi) is 17.3. The van der Waals surface area contributed by atoms with Crippen LogP contribution >= 0.6 is 0 Å². The number of aliphatic hydroxyl groups is 1. The maximum absolute atomic E-state index is 12.2. The van der Waals surface area contributed by atoms with Crippen molar-refractivity contribution in [1.29, 1.82) is 0 Å². The number of aldehydes is 1. The Morgan fingerprint density at radius 2 is 1.28 bits per heavy atom. The van der Waals surface area contributed by atoms with Crippen LogP contribution in [0, 0.1) is 16.7 Å². The predicted octanol–water partition coefficient (Wildman–Crippen LogP) is 7.17. The van der Waals surface area contributed by atoms with Gasteiger partial charge < -0.3 is 28.8 Å². The summed E-state index contributed by atoms with van der Waals surface area (Å²) in [6, 6.07) is 20.1. The number of hydrogen-bond donors (Lipinski definition) is 1. The molecular weight excluding hydrogens is 632 g/mol. The zero-order valence-electron chi connectivity index (χ0n) is 29.6. The van der Waals surface area contributed by atoms with E-state index in [9.17, 15) is 19.5 Å². The molecule has 1 N–H and O–H groups in total. The normalized spacial score (nSPS) is 21.1. The Hall–Kier alpha value is -3.27. The number of hydrogen-bond acceptors (Lipinski definition) is 8. The van der Waals surface area contributed by atoms with Gasteiger partial charge in [0.05, 0.1) is 19.3 Å². The molecule has 2 unspecified atom stereocenters. The molecule has 50 heavy (non-hydrogen) atoms. The van der Waals surface area contributed by atoms with Crippen LogP contribution < -0.4 is 0 Å². The summed E-state index contributed by atoms with van der Waals surface area (Å²) in [5.41, 5.74) is 2.68. The molecule has 4 aliphatic rings. The number of ether oxygens (including phenoxy) is 4. The molecule has 272 valence electrons. The van der Waals surface area contributed by atoms with Gasteiger partial charge in [0.25, 0.3) is 0 Å². The van der Waals surface area contributed by atoms with Gasteiger partial charge in [-0.1, -0.05) is 72.8 Å². The summed E-state index contributed by atoms with van der Waals surface area (Å²) in [4.78, 5) is 33.2. The Balaban J connectivity index is 0.000000188. The van der Waals surface area contributed by atoms with Crippen molar-refractivity contribution in [1.82, 2.24) is 0 Å². The summed E-state index contributed by atoms with van der Waals surface area (Å²) in [5.74, 6) is 0.0687. The van der Waals surface area contributed by atoms with E-state index in [1.54, 1.807) is 12.2 Å². The zero-order valence-corrected chi connectivity index (χ0v) is 29.6. The molecular formula is C42H56O8. The molecule has 2 aromatic rings. The summed E-state index contributed by atoms with van der Waals surface area (Å²) in [7, 11) is 0. The van der Waals surface area contributed by atoms with E-state index in [2.05, 4.69) is 12.2 Å². The number of ketones is 2. The van der Waals surface area contributed by atoms with Gasteiger partial charge in [-0.3, -0.25) is 9.59 Å². The van der Waals surface area contributed by atoms with Crippen molar-refractivity contribution in [3.63, 3.8) is 0 Å². The van der Waals surface area contributed by atoms with Crippen LogP contribution in [0.2, 0.25) is 0 Å². The maximum Gasteiger partial charge on any atom is 0.161 e. The molecule has 2 spiro atoms. The van der Waals surface area contributed by atoms with Crippen LogP contribution in [0.3, 0.4) is 0 Å². The Labute approximate surface area is 298 Å². The molecule has 2 aliphatic heterocycles. The van der Waals surface area contributed by atoms with Crippen molar-refractivity contribution in [3.05, 3.63) is 96.1 Å². The van der Waals surface area contributed by atoms with Crippen LogP contribution in [0.1, 0.15) is 81.8 Å². The van der Waals surface area contributed by atoms with Gasteiger partial charge in [-0.15, -0.1) is 0 Å². The minimum Gasteiger partial charge on any atom is -0.392 e. The summed E-state index contributed by atoms with van der Waals surface area (Å²) < 4.78 is 21.8. The van der Waals surface area contributed by atoms with Crippen LogP contribution in [0.15, 0.2) is 85.0 Å². The van der Waals surface area contributed by atoms with Gasteiger partial charge in [0.2, 0.25) is 0 Å². The van der Waals surface area contributed by atoms with Gasteiger partial charge in [-0.05, 0) is 91.9 Å². The molecule has 8 nitrogen and oxygen atoms in total. The van der Waals surface area contributed by atoms with Gasteiger partial charge in [-0.25, -0.2) is 0 Å². The fraction of sp³-hybridized carbons (Fsp3) is 0.548. The number of rotatable bonds is 13. The monoisotopic (exact) mass is 688 g/mol.